The van der Waals surface area contributed by atoms with Crippen molar-refractivity contribution in [2.24, 2.45) is 5.92 Å². The van der Waals surface area contributed by atoms with Gasteiger partial charge in [-0.05, 0) is 86.5 Å². The predicted molar refractivity (Wildman–Crippen MR) is 137 cm³/mol. The lowest BCUT2D eigenvalue weighted by molar-refractivity contribution is 0.254. The van der Waals surface area contributed by atoms with E-state index in [1.54, 1.807) is 29.4 Å². The molecule has 1 saturated carbocycles. The summed E-state index contributed by atoms with van der Waals surface area (Å²) in [5, 5.41) is 7.12. The molecule has 6 rings (SSSR count). The third kappa shape index (κ3) is 4.54. The number of anilines is 2. The molecule has 0 radical (unpaired) electrons. The van der Waals surface area contributed by atoms with Crippen LogP contribution in [0.1, 0.15) is 37.2 Å². The quantitative estimate of drug-likeness (QED) is 0.354. The second kappa shape index (κ2) is 9.66. The minimum absolute atomic E-state index is 0.306. The summed E-state index contributed by atoms with van der Waals surface area (Å²) in [6, 6.07) is 8.13. The van der Waals surface area contributed by atoms with Gasteiger partial charge in [-0.1, -0.05) is 0 Å². The number of urea groups is 1. The van der Waals surface area contributed by atoms with Crippen LogP contribution in [0.25, 0.3) is 22.3 Å². The Morgan fingerprint density at radius 2 is 2.00 bits per heavy atom. The summed E-state index contributed by atoms with van der Waals surface area (Å²) in [5.74, 6) is 0.420. The van der Waals surface area contributed by atoms with Crippen molar-refractivity contribution in [1.82, 2.24) is 25.3 Å². The first-order valence-electron chi connectivity index (χ1n) is 12.5. The van der Waals surface area contributed by atoms with Gasteiger partial charge < -0.3 is 15.6 Å². The monoisotopic (exact) mass is 485 g/mol. The van der Waals surface area contributed by atoms with Gasteiger partial charge in [0.05, 0.1) is 17.6 Å². The Morgan fingerprint density at radius 1 is 1.14 bits per heavy atom. The van der Waals surface area contributed by atoms with E-state index in [1.165, 1.54) is 12.4 Å². The minimum atomic E-state index is -0.443. The molecule has 3 aromatic heterocycles. The number of fused-ring (bicyclic) bond motifs is 1. The van der Waals surface area contributed by atoms with Gasteiger partial charge in [0.25, 0.3) is 0 Å². The predicted octanol–water partition coefficient (Wildman–Crippen LogP) is 5.07. The molecule has 8 nitrogen and oxygen atoms in total. The molecule has 36 heavy (non-hydrogen) atoms. The van der Waals surface area contributed by atoms with E-state index < -0.39 is 5.82 Å². The smallest absolute Gasteiger partial charge is 0.326 e. The Morgan fingerprint density at radius 3 is 2.75 bits per heavy atom. The van der Waals surface area contributed by atoms with E-state index in [4.69, 9.17) is 0 Å². The lowest BCUT2D eigenvalue weighted by Gasteiger charge is -2.30. The van der Waals surface area contributed by atoms with E-state index in [9.17, 15) is 4.79 Å². The summed E-state index contributed by atoms with van der Waals surface area (Å²) in [5.41, 5.74) is 3.92. The highest BCUT2D eigenvalue weighted by Gasteiger charge is 2.29. The van der Waals surface area contributed by atoms with Crippen LogP contribution in [0.3, 0.4) is 0 Å². The van der Waals surface area contributed by atoms with Crippen LogP contribution in [0.15, 0.2) is 55.2 Å². The van der Waals surface area contributed by atoms with Gasteiger partial charge >= 0.3 is 6.03 Å². The summed E-state index contributed by atoms with van der Waals surface area (Å²) in [4.78, 5) is 31.2. The van der Waals surface area contributed by atoms with Gasteiger partial charge in [-0.3, -0.25) is 9.88 Å². The van der Waals surface area contributed by atoms with Crippen LogP contribution in [0, 0.1) is 11.7 Å². The zero-order valence-corrected chi connectivity index (χ0v) is 19.9. The lowest BCUT2D eigenvalue weighted by Crippen LogP contribution is -2.41. The van der Waals surface area contributed by atoms with Crippen molar-refractivity contribution in [2.75, 3.05) is 29.9 Å². The third-order valence-electron chi connectivity index (χ3n) is 7.10. The van der Waals surface area contributed by atoms with E-state index >= 15 is 4.39 Å². The van der Waals surface area contributed by atoms with Gasteiger partial charge in [0.2, 0.25) is 0 Å². The molecule has 0 spiro atoms. The van der Waals surface area contributed by atoms with Crippen LogP contribution in [0.4, 0.5) is 20.6 Å². The van der Waals surface area contributed by atoms with Gasteiger partial charge in [0.15, 0.2) is 0 Å². The first-order valence-corrected chi connectivity index (χ1v) is 12.5. The number of aromatic nitrogens is 4. The van der Waals surface area contributed by atoms with Crippen LogP contribution in [-0.2, 0) is 0 Å². The fourth-order valence-electron chi connectivity index (χ4n) is 5.02. The Kier molecular flexibility index (Phi) is 6.06. The van der Waals surface area contributed by atoms with Crippen molar-refractivity contribution in [2.45, 2.75) is 31.6 Å². The molecule has 4 aromatic rings. The van der Waals surface area contributed by atoms with E-state index in [0.717, 1.165) is 49.7 Å². The number of halogens is 1. The molecule has 1 aromatic carbocycles. The van der Waals surface area contributed by atoms with Gasteiger partial charge in [0, 0.05) is 35.6 Å². The molecule has 2 amide bonds. The van der Waals surface area contributed by atoms with Crippen LogP contribution in [-0.4, -0.2) is 45.6 Å². The van der Waals surface area contributed by atoms with Crippen LogP contribution in [0.5, 0.6) is 0 Å². The number of rotatable bonds is 6. The van der Waals surface area contributed by atoms with Crippen molar-refractivity contribution in [1.29, 1.82) is 0 Å². The Hall–Kier alpha value is -3.85. The third-order valence-corrected chi connectivity index (χ3v) is 7.10. The highest BCUT2D eigenvalue weighted by atomic mass is 19.1. The molecule has 0 bridgehead atoms. The molecule has 3 N–H and O–H groups in total. The van der Waals surface area contributed by atoms with E-state index in [0.29, 0.717) is 46.7 Å². The number of hydrogen-bond acceptors (Lipinski definition) is 5. The topological polar surface area (TPSA) is 98.8 Å². The normalized spacial score (nSPS) is 16.2. The van der Waals surface area contributed by atoms with Gasteiger partial charge in [-0.15, -0.1) is 0 Å². The number of benzene rings is 1. The van der Waals surface area contributed by atoms with Crippen molar-refractivity contribution >= 4 is 28.4 Å². The highest BCUT2D eigenvalue weighted by Crippen LogP contribution is 2.45. The zero-order chi connectivity index (χ0) is 24.5. The first-order chi connectivity index (χ1) is 17.7. The van der Waals surface area contributed by atoms with Gasteiger partial charge in [-0.25, -0.2) is 19.2 Å². The number of nitrogens with zero attached hydrogens (tertiary/aromatic N) is 4. The standard InChI is InChI=1S/C27H28FN7O/c28-23-12-19(5-6-21(23)25-24-22(18-3-4-18)14-31-26(24)33-16-32-25)34-27(36)35(20-2-1-9-30-13-20)15-17-7-10-29-11-8-17/h1-2,5-6,9,12-14,16-18,29H,3-4,7-8,10-11,15H2,(H,34,36)(H,31,32,33). The maximum Gasteiger partial charge on any atom is 0.326 e. The number of aromatic amines is 1. The second-order valence-corrected chi connectivity index (χ2v) is 9.60. The molecular formula is C27H28FN7O. The second-order valence-electron chi connectivity index (χ2n) is 9.60. The van der Waals surface area contributed by atoms with Gasteiger partial charge in [-0.2, -0.15) is 0 Å². The lowest BCUT2D eigenvalue weighted by atomic mass is 9.97. The van der Waals surface area contributed by atoms with Gasteiger partial charge in [0.1, 0.15) is 17.8 Å². The van der Waals surface area contributed by atoms with Crippen molar-refractivity contribution in [3.63, 3.8) is 0 Å². The number of carbonyl (C=O) groups is 1. The van der Waals surface area contributed by atoms with Crippen LogP contribution in [0.2, 0.25) is 0 Å². The Bertz CT molecular complexity index is 1380. The fraction of sp³-hybridized carbons (Fsp3) is 0.333. The fourth-order valence-corrected chi connectivity index (χ4v) is 5.02. The molecule has 1 aliphatic heterocycles. The molecular weight excluding hydrogens is 457 g/mol. The average Bonchev–Trinajstić information content (AvgIpc) is 3.66. The highest BCUT2D eigenvalue weighted by molar-refractivity contribution is 6.02. The first kappa shape index (κ1) is 22.6. The van der Waals surface area contributed by atoms with Crippen molar-refractivity contribution in [3.8, 4) is 11.3 Å². The number of hydrogen-bond donors (Lipinski definition) is 3. The minimum Gasteiger partial charge on any atom is -0.346 e. The molecule has 1 saturated heterocycles. The Balaban J connectivity index is 1.26. The molecule has 0 unspecified atom stereocenters. The van der Waals surface area contributed by atoms with Crippen molar-refractivity contribution in [3.05, 3.63) is 66.6 Å². The number of nitrogens with one attached hydrogen (secondary N) is 3. The maximum absolute atomic E-state index is 15.4. The van der Waals surface area contributed by atoms with Crippen LogP contribution >= 0.6 is 0 Å². The van der Waals surface area contributed by atoms with Crippen molar-refractivity contribution < 1.29 is 9.18 Å². The number of amides is 2. The summed E-state index contributed by atoms with van der Waals surface area (Å²) in [6.07, 6.45) is 11.0. The number of carbonyl (C=O) groups excluding carboxylic acids is 1. The number of pyridine rings is 1. The molecule has 4 heterocycles. The molecule has 9 heteroatoms. The number of piperidine rings is 1. The summed E-state index contributed by atoms with van der Waals surface area (Å²) in [6.45, 7) is 2.47. The number of H-pyrrole nitrogens is 1. The SMILES string of the molecule is O=C(Nc1ccc(-c2ncnc3[nH]cc(C4CC4)c23)c(F)c1)N(CC1CCNCC1)c1cccnc1. The molecule has 0 atom stereocenters. The van der Waals surface area contributed by atoms with E-state index in [1.807, 2.05) is 18.3 Å². The van der Waals surface area contributed by atoms with E-state index in [-0.39, 0.29) is 6.03 Å². The summed E-state index contributed by atoms with van der Waals surface area (Å²) >= 11 is 0. The largest absolute Gasteiger partial charge is 0.346 e. The average molecular weight is 486 g/mol. The summed E-state index contributed by atoms with van der Waals surface area (Å²) in [7, 11) is 0. The molecule has 1 aliphatic carbocycles. The molecule has 2 fully saturated rings. The zero-order valence-electron chi connectivity index (χ0n) is 19.9. The van der Waals surface area contributed by atoms with Crippen LogP contribution < -0.4 is 15.5 Å². The maximum atomic E-state index is 15.4. The van der Waals surface area contributed by atoms with E-state index in [2.05, 4.69) is 30.6 Å². The summed E-state index contributed by atoms with van der Waals surface area (Å²) < 4.78 is 15.4. The molecule has 2 aliphatic rings. The molecule has 184 valence electrons. The Labute approximate surface area is 208 Å².